The van der Waals surface area contributed by atoms with E-state index >= 15 is 0 Å². The van der Waals surface area contributed by atoms with Crippen LogP contribution in [0.2, 0.25) is 0 Å². The molecule has 0 fully saturated rings. The lowest BCUT2D eigenvalue weighted by Crippen LogP contribution is -2.38. The number of hydrogen-bond donors (Lipinski definition) is 0. The zero-order valence-electron chi connectivity index (χ0n) is 11.4. The number of nitrogens with zero attached hydrogens (tertiary/aromatic N) is 1. The molecule has 1 rings (SSSR count). The van der Waals surface area contributed by atoms with Gasteiger partial charge >= 0.3 is 5.97 Å². The van der Waals surface area contributed by atoms with E-state index in [0.717, 1.165) is 0 Å². The smallest absolute Gasteiger partial charge is 0.319 e. The van der Waals surface area contributed by atoms with E-state index < -0.39 is 17.7 Å². The van der Waals surface area contributed by atoms with Crippen LogP contribution in [0.4, 0.5) is 0 Å². The molecule has 0 N–H and O–H groups in total. The normalized spacial score (nSPS) is 14.6. The van der Waals surface area contributed by atoms with Gasteiger partial charge < -0.3 is 18.7 Å². The molecule has 1 atom stereocenters. The SMILES string of the molecule is COC(=O)C(C)(CC(OC)OC)c1cc(C)no1. The number of esters is 1. The van der Waals surface area contributed by atoms with E-state index in [1.54, 1.807) is 19.9 Å². The van der Waals surface area contributed by atoms with Crippen molar-refractivity contribution in [3.63, 3.8) is 0 Å². The van der Waals surface area contributed by atoms with Gasteiger partial charge in [0.05, 0.1) is 12.8 Å². The Morgan fingerprint density at radius 3 is 2.44 bits per heavy atom. The van der Waals surface area contributed by atoms with E-state index in [9.17, 15) is 4.79 Å². The summed E-state index contributed by atoms with van der Waals surface area (Å²) in [7, 11) is 4.35. The van der Waals surface area contributed by atoms with Crippen molar-refractivity contribution in [2.45, 2.75) is 32.0 Å². The van der Waals surface area contributed by atoms with Crippen LogP contribution in [0.25, 0.3) is 0 Å². The van der Waals surface area contributed by atoms with E-state index in [0.29, 0.717) is 11.5 Å². The first-order valence-electron chi connectivity index (χ1n) is 5.55. The highest BCUT2D eigenvalue weighted by Crippen LogP contribution is 2.32. The highest BCUT2D eigenvalue weighted by molar-refractivity contribution is 5.81. The summed E-state index contributed by atoms with van der Waals surface area (Å²) in [5, 5.41) is 3.79. The van der Waals surface area contributed by atoms with Gasteiger partial charge in [-0.2, -0.15) is 0 Å². The fourth-order valence-corrected chi connectivity index (χ4v) is 1.73. The molecule has 102 valence electrons. The van der Waals surface area contributed by atoms with Gasteiger partial charge in [0.1, 0.15) is 5.41 Å². The van der Waals surface area contributed by atoms with Gasteiger partial charge in [-0.05, 0) is 13.8 Å². The van der Waals surface area contributed by atoms with E-state index in [-0.39, 0.29) is 6.42 Å². The molecule has 1 heterocycles. The Morgan fingerprint density at radius 1 is 1.44 bits per heavy atom. The van der Waals surface area contributed by atoms with Crippen molar-refractivity contribution in [1.82, 2.24) is 5.16 Å². The maximum absolute atomic E-state index is 12.0. The second-order valence-electron chi connectivity index (χ2n) is 4.26. The zero-order chi connectivity index (χ0) is 13.8. The van der Waals surface area contributed by atoms with Gasteiger partial charge in [0.2, 0.25) is 0 Å². The van der Waals surface area contributed by atoms with Gasteiger partial charge in [-0.15, -0.1) is 0 Å². The van der Waals surface area contributed by atoms with Gasteiger partial charge in [0, 0.05) is 26.7 Å². The van der Waals surface area contributed by atoms with Gasteiger partial charge in [-0.1, -0.05) is 5.16 Å². The molecule has 0 saturated heterocycles. The Labute approximate surface area is 106 Å². The summed E-state index contributed by atoms with van der Waals surface area (Å²) < 4.78 is 20.3. The molecule has 0 aromatic carbocycles. The Kier molecular flexibility index (Phi) is 4.86. The number of aromatic nitrogens is 1. The highest BCUT2D eigenvalue weighted by Gasteiger charge is 2.42. The molecule has 0 saturated carbocycles. The predicted octanol–water partition coefficient (Wildman–Crippen LogP) is 1.42. The summed E-state index contributed by atoms with van der Waals surface area (Å²) in [6.45, 7) is 3.50. The number of ether oxygens (including phenoxy) is 3. The van der Waals surface area contributed by atoms with Crippen LogP contribution in [0.5, 0.6) is 0 Å². The molecule has 0 bridgehead atoms. The van der Waals surface area contributed by atoms with Crippen molar-refractivity contribution in [2.75, 3.05) is 21.3 Å². The van der Waals surface area contributed by atoms with E-state index in [1.165, 1.54) is 21.3 Å². The first-order valence-corrected chi connectivity index (χ1v) is 5.55. The minimum atomic E-state index is -0.993. The number of rotatable bonds is 6. The summed E-state index contributed by atoms with van der Waals surface area (Å²) in [4.78, 5) is 12.0. The molecule has 0 radical (unpaired) electrons. The first-order chi connectivity index (χ1) is 8.47. The molecule has 0 aliphatic rings. The summed E-state index contributed by atoms with van der Waals surface area (Å²) in [5.41, 5.74) is -0.293. The number of methoxy groups -OCH3 is 3. The zero-order valence-corrected chi connectivity index (χ0v) is 11.4. The van der Waals surface area contributed by atoms with E-state index in [1.807, 2.05) is 0 Å². The van der Waals surface area contributed by atoms with Gasteiger partial charge in [0.15, 0.2) is 12.1 Å². The molecule has 6 nitrogen and oxygen atoms in total. The average molecular weight is 257 g/mol. The van der Waals surface area contributed by atoms with Crippen molar-refractivity contribution < 1.29 is 23.5 Å². The second kappa shape index (κ2) is 5.97. The van der Waals surface area contributed by atoms with E-state index in [4.69, 9.17) is 18.7 Å². The Morgan fingerprint density at radius 2 is 2.06 bits per heavy atom. The minimum absolute atomic E-state index is 0.279. The van der Waals surface area contributed by atoms with Gasteiger partial charge in [-0.25, -0.2) is 0 Å². The van der Waals surface area contributed by atoms with Crippen molar-refractivity contribution in [1.29, 1.82) is 0 Å². The third-order valence-corrected chi connectivity index (χ3v) is 2.91. The number of carbonyl (C=O) groups is 1. The van der Waals surface area contributed by atoms with Crippen molar-refractivity contribution in [2.24, 2.45) is 0 Å². The number of hydrogen-bond acceptors (Lipinski definition) is 6. The summed E-state index contributed by atoms with van der Waals surface area (Å²) in [6, 6.07) is 1.71. The molecule has 0 spiro atoms. The van der Waals surface area contributed by atoms with Crippen LogP contribution in [-0.2, 0) is 24.4 Å². The predicted molar refractivity (Wildman–Crippen MR) is 63.0 cm³/mol. The second-order valence-corrected chi connectivity index (χ2v) is 4.26. The van der Waals surface area contributed by atoms with Crippen LogP contribution in [0.1, 0.15) is 24.8 Å². The van der Waals surface area contributed by atoms with E-state index in [2.05, 4.69) is 5.16 Å². The molecule has 1 unspecified atom stereocenters. The van der Waals surface area contributed by atoms with Crippen LogP contribution in [-0.4, -0.2) is 38.7 Å². The minimum Gasteiger partial charge on any atom is -0.468 e. The third-order valence-electron chi connectivity index (χ3n) is 2.91. The maximum Gasteiger partial charge on any atom is 0.319 e. The lowest BCUT2D eigenvalue weighted by Gasteiger charge is -2.27. The molecular formula is C12H19NO5. The monoisotopic (exact) mass is 257 g/mol. The highest BCUT2D eigenvalue weighted by atomic mass is 16.7. The van der Waals surface area contributed by atoms with Crippen LogP contribution >= 0.6 is 0 Å². The van der Waals surface area contributed by atoms with Crippen molar-refractivity contribution >= 4 is 5.97 Å². The fourth-order valence-electron chi connectivity index (χ4n) is 1.73. The van der Waals surface area contributed by atoms with Crippen LogP contribution in [0.15, 0.2) is 10.6 Å². The van der Waals surface area contributed by atoms with Crippen LogP contribution < -0.4 is 0 Å². The molecule has 18 heavy (non-hydrogen) atoms. The molecule has 0 aliphatic carbocycles. The molecule has 0 aliphatic heterocycles. The average Bonchev–Trinajstić information content (AvgIpc) is 2.81. The Balaban J connectivity index is 3.06. The summed E-state index contributed by atoms with van der Waals surface area (Å²) in [6.07, 6.45) is -0.249. The molecule has 1 aromatic rings. The van der Waals surface area contributed by atoms with Gasteiger partial charge in [0.25, 0.3) is 0 Å². The molecular weight excluding hydrogens is 238 g/mol. The number of carbonyl (C=O) groups excluding carboxylic acids is 1. The first kappa shape index (κ1) is 14.7. The molecule has 6 heteroatoms. The Hall–Kier alpha value is -1.40. The standard InChI is InChI=1S/C12H19NO5/c1-8-6-9(18-13-8)12(2,11(14)17-5)7-10(15-3)16-4/h6,10H,7H2,1-5H3. The van der Waals surface area contributed by atoms with Gasteiger partial charge in [-0.3, -0.25) is 4.79 Å². The molecule has 0 amide bonds. The summed E-state index contributed by atoms with van der Waals surface area (Å²) >= 11 is 0. The largest absolute Gasteiger partial charge is 0.468 e. The van der Waals surface area contributed by atoms with Crippen LogP contribution in [0.3, 0.4) is 0 Å². The summed E-state index contributed by atoms with van der Waals surface area (Å²) in [5.74, 6) is 0.0173. The Bertz CT molecular complexity index is 399. The lowest BCUT2D eigenvalue weighted by atomic mass is 9.83. The molecule has 1 aromatic heterocycles. The fraction of sp³-hybridized carbons (Fsp3) is 0.667. The lowest BCUT2D eigenvalue weighted by molar-refractivity contribution is -0.157. The van der Waals surface area contributed by atoms with Crippen molar-refractivity contribution in [3.05, 3.63) is 17.5 Å². The topological polar surface area (TPSA) is 70.8 Å². The van der Waals surface area contributed by atoms with Crippen molar-refractivity contribution in [3.8, 4) is 0 Å². The van der Waals surface area contributed by atoms with Crippen LogP contribution in [0, 0.1) is 6.92 Å². The maximum atomic E-state index is 12.0. The quantitative estimate of drug-likeness (QED) is 0.567. The third kappa shape index (κ3) is 2.88. The number of aryl methyl sites for hydroxylation is 1.